The molecule has 2 rings (SSSR count). The molecule has 2 heteroatoms. The Morgan fingerprint density at radius 2 is 2.14 bits per heavy atom. The molecule has 2 unspecified atom stereocenters. The Morgan fingerprint density at radius 1 is 1.50 bits per heavy atom. The van der Waals surface area contributed by atoms with Crippen molar-refractivity contribution in [2.24, 2.45) is 22.7 Å². The molecule has 0 spiro atoms. The Hall–Kier alpha value is -0.890. The zero-order valence-electron chi connectivity index (χ0n) is 14.9. The minimum absolute atomic E-state index is 0.0885. The van der Waals surface area contributed by atoms with Crippen molar-refractivity contribution < 1.29 is 9.90 Å². The molecule has 1 N–H and O–H groups in total. The van der Waals surface area contributed by atoms with Crippen LogP contribution in [0.3, 0.4) is 0 Å². The van der Waals surface area contributed by atoms with Crippen LogP contribution in [0.5, 0.6) is 0 Å². The number of hydrogen-bond donors (Lipinski definition) is 1. The highest BCUT2D eigenvalue weighted by Crippen LogP contribution is 2.61. The van der Waals surface area contributed by atoms with E-state index in [1.807, 2.05) is 13.0 Å². The van der Waals surface area contributed by atoms with Gasteiger partial charge in [-0.1, -0.05) is 32.4 Å². The van der Waals surface area contributed by atoms with E-state index in [1.54, 1.807) is 6.08 Å². The summed E-state index contributed by atoms with van der Waals surface area (Å²) < 4.78 is 0. The molecule has 0 radical (unpaired) electrons. The lowest BCUT2D eigenvalue weighted by molar-refractivity contribution is -0.124. The lowest BCUT2D eigenvalue weighted by atomic mass is 9.46. The Labute approximate surface area is 135 Å². The molecule has 2 aliphatic rings. The summed E-state index contributed by atoms with van der Waals surface area (Å²) in [6, 6.07) is 0. The monoisotopic (exact) mass is 304 g/mol. The summed E-state index contributed by atoms with van der Waals surface area (Å²) in [6.07, 6.45) is 8.17. The van der Waals surface area contributed by atoms with Crippen molar-refractivity contribution >= 4 is 5.78 Å². The molecule has 124 valence electrons. The second-order valence-electron chi connectivity index (χ2n) is 8.47. The van der Waals surface area contributed by atoms with Gasteiger partial charge in [-0.25, -0.2) is 0 Å². The van der Waals surface area contributed by atoms with Gasteiger partial charge in [-0.3, -0.25) is 4.79 Å². The average Bonchev–Trinajstić information content (AvgIpc) is 2.45. The van der Waals surface area contributed by atoms with Crippen molar-refractivity contribution in [1.82, 2.24) is 0 Å². The lowest BCUT2D eigenvalue weighted by Crippen LogP contribution is -2.51. The van der Waals surface area contributed by atoms with Crippen LogP contribution in [0.15, 0.2) is 24.3 Å². The van der Waals surface area contributed by atoms with Gasteiger partial charge >= 0.3 is 0 Å². The van der Waals surface area contributed by atoms with Crippen molar-refractivity contribution in [2.45, 2.75) is 72.3 Å². The summed E-state index contributed by atoms with van der Waals surface area (Å²) in [6.45, 7) is 14.7. The first-order valence-corrected chi connectivity index (χ1v) is 8.63. The van der Waals surface area contributed by atoms with Crippen LogP contribution >= 0.6 is 0 Å². The maximum absolute atomic E-state index is 12.2. The van der Waals surface area contributed by atoms with Crippen LogP contribution in [0.4, 0.5) is 0 Å². The molecule has 0 saturated heterocycles. The third-order valence-corrected chi connectivity index (χ3v) is 7.08. The van der Waals surface area contributed by atoms with Gasteiger partial charge in [-0.15, -0.1) is 6.58 Å². The topological polar surface area (TPSA) is 37.3 Å². The first-order chi connectivity index (χ1) is 10.0. The molecule has 22 heavy (non-hydrogen) atoms. The van der Waals surface area contributed by atoms with E-state index in [0.29, 0.717) is 24.7 Å². The maximum Gasteiger partial charge on any atom is 0.155 e. The van der Waals surface area contributed by atoms with Gasteiger partial charge in [-0.05, 0) is 68.3 Å². The van der Waals surface area contributed by atoms with Gasteiger partial charge in [0.2, 0.25) is 0 Å². The van der Waals surface area contributed by atoms with Crippen LogP contribution < -0.4 is 0 Å². The van der Waals surface area contributed by atoms with Gasteiger partial charge in [0.25, 0.3) is 0 Å². The van der Waals surface area contributed by atoms with E-state index in [9.17, 15) is 9.90 Å². The highest BCUT2D eigenvalue weighted by Gasteiger charge is 2.54. The fourth-order valence-electron chi connectivity index (χ4n) is 4.73. The first-order valence-electron chi connectivity index (χ1n) is 8.63. The normalized spacial score (nSPS) is 41.4. The van der Waals surface area contributed by atoms with E-state index in [0.717, 1.165) is 6.42 Å². The molecule has 0 aliphatic heterocycles. The van der Waals surface area contributed by atoms with Gasteiger partial charge in [0.05, 0.1) is 5.60 Å². The molecule has 2 nitrogen and oxygen atoms in total. The van der Waals surface area contributed by atoms with Crippen molar-refractivity contribution in [3.63, 3.8) is 0 Å². The molecule has 0 amide bonds. The van der Waals surface area contributed by atoms with Crippen LogP contribution in [0.25, 0.3) is 0 Å². The average molecular weight is 304 g/mol. The lowest BCUT2D eigenvalue weighted by Gasteiger charge is -2.58. The molecule has 5 atom stereocenters. The largest absolute Gasteiger partial charge is 0.386 e. The quantitative estimate of drug-likeness (QED) is 0.766. The number of aliphatic hydroxyl groups is 1. The van der Waals surface area contributed by atoms with Crippen LogP contribution in [-0.2, 0) is 4.79 Å². The maximum atomic E-state index is 12.2. The minimum atomic E-state index is -0.819. The van der Waals surface area contributed by atoms with Gasteiger partial charge in [0, 0.05) is 6.42 Å². The van der Waals surface area contributed by atoms with E-state index >= 15 is 0 Å². The third kappa shape index (κ3) is 2.82. The summed E-state index contributed by atoms with van der Waals surface area (Å²) in [7, 11) is 0. The van der Waals surface area contributed by atoms with Crippen LogP contribution in [0, 0.1) is 22.7 Å². The van der Waals surface area contributed by atoms with Gasteiger partial charge in [-0.2, -0.15) is 0 Å². The SMILES string of the molecule is C=CC(C)(O)CC[C@@]1(C)C2CC(=O)C=C(C)[C@]2(C)CC[C@H]1C. The number of carbonyl (C=O) groups is 1. The van der Waals surface area contributed by atoms with Gasteiger partial charge in [0.15, 0.2) is 5.78 Å². The first kappa shape index (κ1) is 17.5. The van der Waals surface area contributed by atoms with Crippen molar-refractivity contribution in [2.75, 3.05) is 0 Å². The Morgan fingerprint density at radius 3 is 2.73 bits per heavy atom. The summed E-state index contributed by atoms with van der Waals surface area (Å²) in [5, 5.41) is 10.3. The van der Waals surface area contributed by atoms with Gasteiger partial charge in [0.1, 0.15) is 0 Å². The Bertz CT molecular complexity index is 502. The summed E-state index contributed by atoms with van der Waals surface area (Å²) in [4.78, 5) is 12.2. The van der Waals surface area contributed by atoms with Crippen LogP contribution in [0.2, 0.25) is 0 Å². The Balaban J connectivity index is 2.34. The smallest absolute Gasteiger partial charge is 0.155 e. The molecule has 0 aromatic rings. The van der Waals surface area contributed by atoms with E-state index in [1.165, 1.54) is 18.4 Å². The molecular formula is C20H32O2. The van der Waals surface area contributed by atoms with E-state index < -0.39 is 5.60 Å². The summed E-state index contributed by atoms with van der Waals surface area (Å²) >= 11 is 0. The number of ketones is 1. The highest BCUT2D eigenvalue weighted by molar-refractivity contribution is 5.92. The highest BCUT2D eigenvalue weighted by atomic mass is 16.3. The fourth-order valence-corrected chi connectivity index (χ4v) is 4.73. The molecule has 0 aromatic carbocycles. The molecule has 1 saturated carbocycles. The molecular weight excluding hydrogens is 272 g/mol. The molecule has 0 bridgehead atoms. The number of rotatable bonds is 4. The van der Waals surface area contributed by atoms with E-state index in [4.69, 9.17) is 0 Å². The molecule has 0 aromatic heterocycles. The number of fused-ring (bicyclic) bond motifs is 1. The summed E-state index contributed by atoms with van der Waals surface area (Å²) in [5.74, 6) is 1.22. The zero-order valence-corrected chi connectivity index (χ0v) is 14.9. The van der Waals surface area contributed by atoms with E-state index in [-0.39, 0.29) is 16.6 Å². The third-order valence-electron chi connectivity index (χ3n) is 7.08. The standard InChI is InChI=1S/C20H32O2/c1-7-18(4,22)10-11-20(6)14(2)8-9-19(5)15(3)12-16(21)13-17(19)20/h7,12,14,17,22H,1,8-11,13H2,2-6H3/t14-,17?,18?,19+,20-/m1/s1. The molecule has 2 aliphatic carbocycles. The molecule has 0 heterocycles. The second kappa shape index (κ2) is 5.63. The zero-order chi connectivity index (χ0) is 16.8. The van der Waals surface area contributed by atoms with Crippen molar-refractivity contribution in [1.29, 1.82) is 0 Å². The van der Waals surface area contributed by atoms with Crippen LogP contribution in [-0.4, -0.2) is 16.5 Å². The Kier molecular flexibility index (Phi) is 4.47. The predicted molar refractivity (Wildman–Crippen MR) is 91.5 cm³/mol. The second-order valence-corrected chi connectivity index (χ2v) is 8.47. The molecule has 1 fully saturated rings. The predicted octanol–water partition coefficient (Wildman–Crippen LogP) is 4.68. The van der Waals surface area contributed by atoms with Crippen molar-refractivity contribution in [3.8, 4) is 0 Å². The fraction of sp³-hybridized carbons (Fsp3) is 0.750. The summed E-state index contributed by atoms with van der Waals surface area (Å²) in [5.41, 5.74) is 0.655. The van der Waals surface area contributed by atoms with Gasteiger partial charge < -0.3 is 5.11 Å². The number of carbonyl (C=O) groups excluding carboxylic acids is 1. The number of allylic oxidation sites excluding steroid dienone is 2. The number of hydrogen-bond acceptors (Lipinski definition) is 2. The minimum Gasteiger partial charge on any atom is -0.386 e. The van der Waals surface area contributed by atoms with E-state index in [2.05, 4.69) is 34.3 Å². The van der Waals surface area contributed by atoms with Crippen molar-refractivity contribution in [3.05, 3.63) is 24.3 Å². The van der Waals surface area contributed by atoms with Crippen LogP contribution in [0.1, 0.15) is 66.7 Å².